The maximum Gasteiger partial charge on any atom is 0.251 e. The van der Waals surface area contributed by atoms with Crippen molar-refractivity contribution in [2.45, 2.75) is 32.0 Å². The molecule has 0 unspecified atom stereocenters. The number of hydrogen-bond acceptors (Lipinski definition) is 5. The van der Waals surface area contributed by atoms with E-state index in [2.05, 4.69) is 25.4 Å². The fourth-order valence-corrected chi connectivity index (χ4v) is 3.45. The molecule has 0 saturated carbocycles. The number of nitrogens with zero attached hydrogens (tertiary/aromatic N) is 3. The number of carbonyl (C=O) groups excluding carboxylic acids is 1. The lowest BCUT2D eigenvalue weighted by atomic mass is 10.1. The van der Waals surface area contributed by atoms with Crippen LogP contribution in [-0.2, 0) is 13.1 Å². The lowest BCUT2D eigenvalue weighted by Crippen LogP contribution is -2.37. The van der Waals surface area contributed by atoms with Crippen LogP contribution in [0.3, 0.4) is 0 Å². The minimum absolute atomic E-state index is 0.116. The molecule has 29 heavy (non-hydrogen) atoms. The van der Waals surface area contributed by atoms with Crippen molar-refractivity contribution in [2.75, 3.05) is 13.1 Å². The molecule has 1 aliphatic heterocycles. The summed E-state index contributed by atoms with van der Waals surface area (Å²) in [6.07, 6.45) is 5.68. The van der Waals surface area contributed by atoms with E-state index in [1.54, 1.807) is 24.5 Å². The summed E-state index contributed by atoms with van der Waals surface area (Å²) in [5, 5.41) is 9.89. The van der Waals surface area contributed by atoms with Crippen molar-refractivity contribution in [2.24, 2.45) is 0 Å². The minimum Gasteiger partial charge on any atom is -0.490 e. The minimum atomic E-state index is -0.116. The Kier molecular flexibility index (Phi) is 6.16. The first-order valence-electron chi connectivity index (χ1n) is 9.92. The molecule has 7 heteroatoms. The van der Waals surface area contributed by atoms with Gasteiger partial charge in [-0.15, -0.1) is 0 Å². The molecule has 150 valence electrons. The van der Waals surface area contributed by atoms with Gasteiger partial charge in [0, 0.05) is 43.3 Å². The zero-order chi connectivity index (χ0) is 19.9. The second-order valence-corrected chi connectivity index (χ2v) is 7.20. The van der Waals surface area contributed by atoms with Crippen molar-refractivity contribution < 1.29 is 9.53 Å². The first-order valence-corrected chi connectivity index (χ1v) is 9.92. The second kappa shape index (κ2) is 9.34. The Morgan fingerprint density at radius 3 is 2.62 bits per heavy atom. The molecule has 1 amide bonds. The van der Waals surface area contributed by atoms with Crippen LogP contribution in [0.1, 0.15) is 34.6 Å². The quantitative estimate of drug-likeness (QED) is 0.647. The molecule has 0 atom stereocenters. The summed E-state index contributed by atoms with van der Waals surface area (Å²) in [7, 11) is 0. The van der Waals surface area contributed by atoms with Gasteiger partial charge in [0.2, 0.25) is 0 Å². The number of ether oxygens (including phenoxy) is 1. The van der Waals surface area contributed by atoms with Crippen LogP contribution in [0.5, 0.6) is 5.75 Å². The van der Waals surface area contributed by atoms with Crippen molar-refractivity contribution in [3.05, 3.63) is 77.9 Å². The highest BCUT2D eigenvalue weighted by molar-refractivity contribution is 5.94. The Hall–Kier alpha value is -3.19. The molecule has 0 aliphatic carbocycles. The molecule has 0 spiro atoms. The van der Waals surface area contributed by atoms with Crippen molar-refractivity contribution >= 4 is 5.91 Å². The van der Waals surface area contributed by atoms with E-state index < -0.39 is 0 Å². The average Bonchev–Trinajstić information content (AvgIpc) is 3.28. The lowest BCUT2D eigenvalue weighted by molar-refractivity contribution is 0.0946. The topological polar surface area (TPSA) is 83.1 Å². The maximum atomic E-state index is 12.3. The van der Waals surface area contributed by atoms with E-state index in [0.717, 1.165) is 49.6 Å². The highest BCUT2D eigenvalue weighted by Crippen LogP contribution is 2.20. The Bertz CT molecular complexity index is 889. The highest BCUT2D eigenvalue weighted by atomic mass is 16.5. The van der Waals surface area contributed by atoms with Gasteiger partial charge < -0.3 is 10.1 Å². The molecular weight excluding hydrogens is 366 g/mol. The number of carbonyl (C=O) groups is 1. The number of benzene rings is 1. The Balaban J connectivity index is 1.23. The number of aromatic amines is 1. The third kappa shape index (κ3) is 5.42. The Labute approximate surface area is 170 Å². The van der Waals surface area contributed by atoms with Crippen molar-refractivity contribution in [1.29, 1.82) is 0 Å². The molecule has 0 radical (unpaired) electrons. The van der Waals surface area contributed by atoms with Gasteiger partial charge in [-0.05, 0) is 55.3 Å². The van der Waals surface area contributed by atoms with E-state index in [4.69, 9.17) is 4.74 Å². The third-order valence-corrected chi connectivity index (χ3v) is 5.06. The van der Waals surface area contributed by atoms with Gasteiger partial charge in [0.1, 0.15) is 11.9 Å². The summed E-state index contributed by atoms with van der Waals surface area (Å²) in [6.45, 7) is 3.31. The molecule has 3 aromatic rings. The number of rotatable bonds is 7. The van der Waals surface area contributed by atoms with E-state index in [9.17, 15) is 4.79 Å². The summed E-state index contributed by atoms with van der Waals surface area (Å²) in [4.78, 5) is 18.9. The molecule has 7 nitrogen and oxygen atoms in total. The van der Waals surface area contributed by atoms with Gasteiger partial charge in [0.25, 0.3) is 5.91 Å². The van der Waals surface area contributed by atoms with E-state index >= 15 is 0 Å². The molecule has 3 heterocycles. The van der Waals surface area contributed by atoms with Crippen LogP contribution in [0, 0.1) is 0 Å². The van der Waals surface area contributed by atoms with Gasteiger partial charge in [0.05, 0.1) is 12.2 Å². The zero-order valence-electron chi connectivity index (χ0n) is 16.3. The monoisotopic (exact) mass is 391 g/mol. The van der Waals surface area contributed by atoms with Crippen LogP contribution >= 0.6 is 0 Å². The fourth-order valence-electron chi connectivity index (χ4n) is 3.45. The standard InChI is InChI=1S/C22H25N5O2/c28-22(24-15-18-3-1-2-11-23-18)17-4-6-20(7-5-17)29-21-9-13-27(14-10-21)16-19-8-12-25-26-19/h1-8,11-12,21H,9-10,13-16H2,(H,24,28)(H,25,26). The number of aromatic nitrogens is 3. The van der Waals surface area contributed by atoms with Crippen LogP contribution in [0.4, 0.5) is 0 Å². The number of pyridine rings is 1. The van der Waals surface area contributed by atoms with Crippen molar-refractivity contribution in [3.63, 3.8) is 0 Å². The van der Waals surface area contributed by atoms with E-state index in [0.29, 0.717) is 12.1 Å². The van der Waals surface area contributed by atoms with Gasteiger partial charge in [-0.2, -0.15) is 5.10 Å². The SMILES string of the molecule is O=C(NCc1ccccn1)c1ccc(OC2CCN(Cc3ccn[nH]3)CC2)cc1. The number of amides is 1. The number of likely N-dealkylation sites (tertiary alicyclic amines) is 1. The van der Waals surface area contributed by atoms with Gasteiger partial charge in [-0.25, -0.2) is 0 Å². The first-order chi connectivity index (χ1) is 14.3. The van der Waals surface area contributed by atoms with Crippen LogP contribution in [-0.4, -0.2) is 45.2 Å². The van der Waals surface area contributed by atoms with Gasteiger partial charge in [-0.3, -0.25) is 19.8 Å². The smallest absolute Gasteiger partial charge is 0.251 e. The van der Waals surface area contributed by atoms with Crippen molar-refractivity contribution in [3.8, 4) is 5.75 Å². The number of hydrogen-bond donors (Lipinski definition) is 2. The van der Waals surface area contributed by atoms with Gasteiger partial charge in [-0.1, -0.05) is 6.07 Å². The van der Waals surface area contributed by atoms with Gasteiger partial charge in [0.15, 0.2) is 0 Å². The van der Waals surface area contributed by atoms with E-state index in [-0.39, 0.29) is 12.0 Å². The third-order valence-electron chi connectivity index (χ3n) is 5.06. The van der Waals surface area contributed by atoms with E-state index in [1.807, 2.05) is 36.4 Å². The predicted octanol–water partition coefficient (Wildman–Crippen LogP) is 2.78. The molecule has 4 rings (SSSR count). The Morgan fingerprint density at radius 2 is 1.93 bits per heavy atom. The van der Waals surface area contributed by atoms with Crippen molar-refractivity contribution in [1.82, 2.24) is 25.4 Å². The summed E-state index contributed by atoms with van der Waals surface area (Å²) < 4.78 is 6.11. The molecule has 2 N–H and O–H groups in total. The molecule has 1 aromatic carbocycles. The number of nitrogens with one attached hydrogen (secondary N) is 2. The molecule has 0 bridgehead atoms. The average molecular weight is 391 g/mol. The number of piperidine rings is 1. The normalized spacial score (nSPS) is 15.2. The summed E-state index contributed by atoms with van der Waals surface area (Å²) in [5.41, 5.74) is 2.59. The summed E-state index contributed by atoms with van der Waals surface area (Å²) in [6, 6.07) is 15.0. The van der Waals surface area contributed by atoms with Crippen LogP contribution in [0.15, 0.2) is 60.9 Å². The summed E-state index contributed by atoms with van der Waals surface area (Å²) >= 11 is 0. The van der Waals surface area contributed by atoms with Crippen LogP contribution in [0.25, 0.3) is 0 Å². The molecule has 2 aromatic heterocycles. The highest BCUT2D eigenvalue weighted by Gasteiger charge is 2.21. The van der Waals surface area contributed by atoms with Crippen LogP contribution < -0.4 is 10.1 Å². The fraction of sp³-hybridized carbons (Fsp3) is 0.318. The predicted molar refractivity (Wildman–Crippen MR) is 109 cm³/mol. The summed E-state index contributed by atoms with van der Waals surface area (Å²) in [5.74, 6) is 0.688. The molecule has 1 aliphatic rings. The maximum absolute atomic E-state index is 12.3. The lowest BCUT2D eigenvalue weighted by Gasteiger charge is -2.31. The van der Waals surface area contributed by atoms with E-state index in [1.165, 1.54) is 0 Å². The first kappa shape index (κ1) is 19.1. The zero-order valence-corrected chi connectivity index (χ0v) is 16.3. The van der Waals surface area contributed by atoms with Gasteiger partial charge >= 0.3 is 0 Å². The number of H-pyrrole nitrogens is 1. The molecule has 1 fully saturated rings. The molecule has 1 saturated heterocycles. The largest absolute Gasteiger partial charge is 0.490 e. The Morgan fingerprint density at radius 1 is 1.10 bits per heavy atom. The molecular formula is C22H25N5O2. The van der Waals surface area contributed by atoms with Crippen LogP contribution in [0.2, 0.25) is 0 Å². The second-order valence-electron chi connectivity index (χ2n) is 7.20.